The summed E-state index contributed by atoms with van der Waals surface area (Å²) in [4.78, 5) is 21.1. The van der Waals surface area contributed by atoms with Crippen molar-refractivity contribution >= 4 is 22.7 Å². The number of rotatable bonds is 5. The molecular weight excluding hydrogens is 404 g/mol. The second-order valence-corrected chi connectivity index (χ2v) is 8.28. The molecule has 2 heterocycles. The van der Waals surface area contributed by atoms with Crippen molar-refractivity contribution in [2.24, 2.45) is 5.92 Å². The molecule has 2 aromatic heterocycles. The van der Waals surface area contributed by atoms with E-state index in [1.165, 1.54) is 25.3 Å². The third-order valence-electron chi connectivity index (χ3n) is 5.77. The van der Waals surface area contributed by atoms with E-state index in [0.29, 0.717) is 28.4 Å². The number of carbonyl (C=O) groups excluding carboxylic acids is 1. The van der Waals surface area contributed by atoms with Crippen LogP contribution in [0.5, 0.6) is 5.75 Å². The van der Waals surface area contributed by atoms with E-state index in [-0.39, 0.29) is 11.6 Å². The second kappa shape index (κ2) is 8.24. The van der Waals surface area contributed by atoms with Gasteiger partial charge in [0.25, 0.3) is 11.8 Å². The fraction of sp³-hybridized carbons (Fsp3) is 0.435. The van der Waals surface area contributed by atoms with Gasteiger partial charge in [-0.05, 0) is 43.7 Å². The van der Waals surface area contributed by atoms with Crippen LogP contribution in [0.1, 0.15) is 67.5 Å². The number of benzene rings is 1. The lowest BCUT2D eigenvalue weighted by atomic mass is 9.83. The maximum Gasteiger partial charge on any atom is 0.287 e. The largest absolute Gasteiger partial charge is 0.494 e. The van der Waals surface area contributed by atoms with Crippen LogP contribution in [-0.2, 0) is 5.92 Å². The van der Waals surface area contributed by atoms with Crippen molar-refractivity contribution in [2.75, 3.05) is 12.4 Å². The van der Waals surface area contributed by atoms with Gasteiger partial charge in [-0.1, -0.05) is 13.0 Å². The molecule has 0 saturated heterocycles. The Kier molecular flexibility index (Phi) is 5.64. The summed E-state index contributed by atoms with van der Waals surface area (Å²) in [6.07, 6.45) is 4.38. The average molecular weight is 429 g/mol. The fourth-order valence-electron chi connectivity index (χ4n) is 3.91. The van der Waals surface area contributed by atoms with Gasteiger partial charge >= 0.3 is 0 Å². The minimum Gasteiger partial charge on any atom is -0.494 e. The first-order valence-corrected chi connectivity index (χ1v) is 10.4. The number of pyridine rings is 1. The smallest absolute Gasteiger partial charge is 0.287 e. The molecule has 164 valence electrons. The number of carbonyl (C=O) groups is 1. The number of amides is 1. The van der Waals surface area contributed by atoms with E-state index >= 15 is 0 Å². The van der Waals surface area contributed by atoms with Crippen molar-refractivity contribution in [3.05, 3.63) is 47.6 Å². The lowest BCUT2D eigenvalue weighted by Gasteiger charge is -2.23. The van der Waals surface area contributed by atoms with Gasteiger partial charge in [-0.15, -0.1) is 0 Å². The van der Waals surface area contributed by atoms with Crippen molar-refractivity contribution in [3.63, 3.8) is 0 Å². The summed E-state index contributed by atoms with van der Waals surface area (Å²) in [7, 11) is 1.48. The number of alkyl halides is 2. The number of ether oxygens (including phenoxy) is 1. The Hall–Kier alpha value is -3.03. The molecule has 1 saturated carbocycles. The normalized spacial score (nSPS) is 19.4. The molecule has 6 nitrogen and oxygen atoms in total. The zero-order valence-electron chi connectivity index (χ0n) is 17.7. The Labute approximate surface area is 179 Å². The fourth-order valence-corrected chi connectivity index (χ4v) is 3.91. The maximum atomic E-state index is 13.6. The molecule has 1 aliphatic carbocycles. The predicted molar refractivity (Wildman–Crippen MR) is 113 cm³/mol. The molecule has 8 heteroatoms. The summed E-state index contributed by atoms with van der Waals surface area (Å²) in [6.45, 7) is 3.00. The summed E-state index contributed by atoms with van der Waals surface area (Å²) < 4.78 is 38.5. The third kappa shape index (κ3) is 4.52. The summed E-state index contributed by atoms with van der Waals surface area (Å²) in [5.74, 6) is -1.65. The number of hydrogen-bond acceptors (Lipinski definition) is 5. The highest BCUT2D eigenvalue weighted by atomic mass is 19.3. The third-order valence-corrected chi connectivity index (χ3v) is 5.77. The van der Waals surface area contributed by atoms with E-state index < -0.39 is 17.5 Å². The number of methoxy groups -OCH3 is 1. The van der Waals surface area contributed by atoms with Gasteiger partial charge < -0.3 is 14.5 Å². The highest BCUT2D eigenvalue weighted by molar-refractivity contribution is 6.04. The second-order valence-electron chi connectivity index (χ2n) is 8.28. The zero-order valence-corrected chi connectivity index (χ0v) is 17.7. The van der Waals surface area contributed by atoms with Crippen LogP contribution in [-0.4, -0.2) is 23.0 Å². The molecule has 0 bridgehead atoms. The summed E-state index contributed by atoms with van der Waals surface area (Å²) in [5, 5.41) is 2.68. The number of fused-ring (bicyclic) bond motifs is 1. The van der Waals surface area contributed by atoms with Crippen molar-refractivity contribution in [2.45, 2.75) is 51.4 Å². The molecule has 0 aliphatic heterocycles. The minimum absolute atomic E-state index is 0.115. The number of anilines is 1. The number of halogens is 2. The quantitative estimate of drug-likeness (QED) is 0.547. The Morgan fingerprint density at radius 2 is 1.94 bits per heavy atom. The lowest BCUT2D eigenvalue weighted by Crippen LogP contribution is -2.17. The number of hydrogen-bond donors (Lipinski definition) is 1. The molecule has 1 aliphatic rings. The summed E-state index contributed by atoms with van der Waals surface area (Å²) in [5.41, 5.74) is 0.955. The standard InChI is InChI=1S/C23H25F2N3O3/c1-13-7-9-14(10-8-13)22-28-17-11-18(30-3)16(12-19(17)31-22)27-21(29)15-5-4-6-20(26-15)23(2,24)25/h4-6,11-14H,7-10H2,1-3H3,(H,27,29). The van der Waals surface area contributed by atoms with Crippen LogP contribution in [0.15, 0.2) is 34.7 Å². The maximum absolute atomic E-state index is 13.6. The van der Waals surface area contributed by atoms with E-state index in [4.69, 9.17) is 9.15 Å². The molecule has 31 heavy (non-hydrogen) atoms. The van der Waals surface area contributed by atoms with Crippen molar-refractivity contribution in [3.8, 4) is 5.75 Å². The number of oxazole rings is 1. The summed E-state index contributed by atoms with van der Waals surface area (Å²) in [6, 6.07) is 7.29. The number of nitrogens with zero attached hydrogens (tertiary/aromatic N) is 2. The molecule has 1 N–H and O–H groups in total. The molecule has 0 atom stereocenters. The molecule has 1 fully saturated rings. The van der Waals surface area contributed by atoms with Crippen molar-refractivity contribution < 1.29 is 22.7 Å². The van der Waals surface area contributed by atoms with Crippen molar-refractivity contribution in [1.29, 1.82) is 0 Å². The van der Waals surface area contributed by atoms with Gasteiger partial charge in [0.05, 0.1) is 12.8 Å². The molecule has 1 aromatic carbocycles. The SMILES string of the molecule is COc1cc2nc(C3CCC(C)CC3)oc2cc1NC(=O)c1cccc(C(C)(F)F)n1. The lowest BCUT2D eigenvalue weighted by molar-refractivity contribution is 0.0126. The molecule has 0 spiro atoms. The van der Waals surface area contributed by atoms with Crippen molar-refractivity contribution in [1.82, 2.24) is 9.97 Å². The zero-order chi connectivity index (χ0) is 22.2. The van der Waals surface area contributed by atoms with Gasteiger partial charge in [0.2, 0.25) is 0 Å². The topological polar surface area (TPSA) is 77.3 Å². The predicted octanol–water partition coefficient (Wildman–Crippen LogP) is 5.89. The van der Waals surface area contributed by atoms with Crippen LogP contribution in [0.2, 0.25) is 0 Å². The molecule has 0 unspecified atom stereocenters. The van der Waals surface area contributed by atoms with E-state index in [0.717, 1.165) is 38.5 Å². The number of nitrogens with one attached hydrogen (secondary N) is 1. The minimum atomic E-state index is -3.14. The highest BCUT2D eigenvalue weighted by Crippen LogP contribution is 2.38. The van der Waals surface area contributed by atoms with E-state index in [9.17, 15) is 13.6 Å². The van der Waals surface area contributed by atoms with Crippen LogP contribution in [0.25, 0.3) is 11.1 Å². The van der Waals surface area contributed by atoms with Gasteiger partial charge in [-0.25, -0.2) is 9.97 Å². The molecule has 0 radical (unpaired) electrons. The molecule has 3 aromatic rings. The van der Waals surface area contributed by atoms with E-state index in [1.54, 1.807) is 12.1 Å². The van der Waals surface area contributed by atoms with Gasteiger partial charge in [0.15, 0.2) is 11.5 Å². The first-order valence-electron chi connectivity index (χ1n) is 10.4. The van der Waals surface area contributed by atoms with Crippen LogP contribution in [0, 0.1) is 5.92 Å². The molecule has 4 rings (SSSR count). The Morgan fingerprint density at radius 3 is 2.61 bits per heavy atom. The summed E-state index contributed by atoms with van der Waals surface area (Å²) >= 11 is 0. The Balaban J connectivity index is 1.60. The highest BCUT2D eigenvalue weighted by Gasteiger charge is 2.27. The molecular formula is C23H25F2N3O3. The van der Waals surface area contributed by atoms with E-state index in [2.05, 4.69) is 22.2 Å². The van der Waals surface area contributed by atoms with Crippen LogP contribution >= 0.6 is 0 Å². The average Bonchev–Trinajstić information content (AvgIpc) is 3.16. The first-order chi connectivity index (χ1) is 14.7. The van der Waals surface area contributed by atoms with Gasteiger partial charge in [0, 0.05) is 25.0 Å². The van der Waals surface area contributed by atoms with Crippen LogP contribution < -0.4 is 10.1 Å². The van der Waals surface area contributed by atoms with Crippen LogP contribution in [0.4, 0.5) is 14.5 Å². The van der Waals surface area contributed by atoms with Gasteiger partial charge in [-0.2, -0.15) is 8.78 Å². The Morgan fingerprint density at radius 1 is 1.19 bits per heavy atom. The molecule has 1 amide bonds. The number of aromatic nitrogens is 2. The first kappa shape index (κ1) is 21.2. The van der Waals surface area contributed by atoms with Gasteiger partial charge in [-0.3, -0.25) is 4.79 Å². The Bertz CT molecular complexity index is 1100. The van der Waals surface area contributed by atoms with Crippen LogP contribution in [0.3, 0.4) is 0 Å². The van der Waals surface area contributed by atoms with Gasteiger partial charge in [0.1, 0.15) is 22.7 Å². The van der Waals surface area contributed by atoms with E-state index in [1.807, 2.05) is 0 Å². The monoisotopic (exact) mass is 429 g/mol.